The van der Waals surface area contributed by atoms with Crippen molar-refractivity contribution in [2.45, 2.75) is 20.3 Å². The molecular formula is C20H24N4S. The molecule has 0 radical (unpaired) electrons. The van der Waals surface area contributed by atoms with E-state index in [0.29, 0.717) is 0 Å². The van der Waals surface area contributed by atoms with Crippen LogP contribution in [-0.2, 0) is 6.42 Å². The summed E-state index contributed by atoms with van der Waals surface area (Å²) in [6.45, 7) is 9.77. The second-order valence-corrected chi connectivity index (χ2v) is 7.93. The van der Waals surface area contributed by atoms with Gasteiger partial charge in [-0.3, -0.25) is 4.90 Å². The number of piperazine rings is 1. The van der Waals surface area contributed by atoms with Crippen molar-refractivity contribution < 1.29 is 0 Å². The lowest BCUT2D eigenvalue weighted by molar-refractivity contribution is 0.260. The molecular weight excluding hydrogens is 328 g/mol. The van der Waals surface area contributed by atoms with Crippen LogP contribution in [-0.4, -0.2) is 47.6 Å². The molecule has 0 unspecified atom stereocenters. The van der Waals surface area contributed by atoms with Gasteiger partial charge in [0.2, 0.25) is 0 Å². The van der Waals surface area contributed by atoms with Gasteiger partial charge in [-0.15, -0.1) is 11.3 Å². The Morgan fingerprint density at radius 1 is 1.00 bits per heavy atom. The van der Waals surface area contributed by atoms with Crippen molar-refractivity contribution in [3.63, 3.8) is 0 Å². The number of anilines is 1. The third-order valence-corrected chi connectivity index (χ3v) is 6.29. The zero-order valence-corrected chi connectivity index (χ0v) is 15.7. The van der Waals surface area contributed by atoms with Crippen LogP contribution >= 0.6 is 11.3 Å². The van der Waals surface area contributed by atoms with E-state index in [0.717, 1.165) is 49.8 Å². The highest BCUT2D eigenvalue weighted by molar-refractivity contribution is 7.18. The maximum absolute atomic E-state index is 4.63. The summed E-state index contributed by atoms with van der Waals surface area (Å²) in [4.78, 5) is 16.6. The molecule has 0 spiro atoms. The minimum absolute atomic E-state index is 1.04. The lowest BCUT2D eigenvalue weighted by Crippen LogP contribution is -2.47. The normalized spacial score (nSPS) is 15.8. The molecule has 0 atom stereocenters. The molecule has 3 heterocycles. The SMILES string of the molecule is Cc1sc2ncnc(N3CCN(CCc4ccccc4)CC3)c2c1C. The fourth-order valence-corrected chi connectivity index (χ4v) is 4.51. The first-order chi connectivity index (χ1) is 12.2. The first kappa shape index (κ1) is 16.5. The van der Waals surface area contributed by atoms with Crippen molar-refractivity contribution in [1.82, 2.24) is 14.9 Å². The molecule has 1 aliphatic heterocycles. The monoisotopic (exact) mass is 352 g/mol. The van der Waals surface area contributed by atoms with Gasteiger partial charge in [0.25, 0.3) is 0 Å². The van der Waals surface area contributed by atoms with Crippen molar-refractivity contribution in [1.29, 1.82) is 0 Å². The lowest BCUT2D eigenvalue weighted by Gasteiger charge is -2.35. The third kappa shape index (κ3) is 3.39. The van der Waals surface area contributed by atoms with Gasteiger partial charge in [-0.1, -0.05) is 30.3 Å². The highest BCUT2D eigenvalue weighted by Crippen LogP contribution is 2.34. The van der Waals surface area contributed by atoms with Gasteiger partial charge in [-0.05, 0) is 31.4 Å². The minimum Gasteiger partial charge on any atom is -0.353 e. The third-order valence-electron chi connectivity index (χ3n) is 5.18. The molecule has 25 heavy (non-hydrogen) atoms. The Labute approximate surface area is 153 Å². The Hall–Kier alpha value is -1.98. The Balaban J connectivity index is 1.42. The summed E-state index contributed by atoms with van der Waals surface area (Å²) in [6, 6.07) is 10.8. The molecule has 2 aromatic heterocycles. The second-order valence-electron chi connectivity index (χ2n) is 6.72. The van der Waals surface area contributed by atoms with Crippen molar-refractivity contribution >= 4 is 27.4 Å². The van der Waals surface area contributed by atoms with Gasteiger partial charge in [-0.25, -0.2) is 9.97 Å². The largest absolute Gasteiger partial charge is 0.353 e. The van der Waals surface area contributed by atoms with E-state index in [-0.39, 0.29) is 0 Å². The number of hydrogen-bond acceptors (Lipinski definition) is 5. The molecule has 1 saturated heterocycles. The summed E-state index contributed by atoms with van der Waals surface area (Å²) >= 11 is 1.78. The van der Waals surface area contributed by atoms with Crippen LogP contribution in [0.5, 0.6) is 0 Å². The average Bonchev–Trinajstić information content (AvgIpc) is 2.96. The number of nitrogens with zero attached hydrogens (tertiary/aromatic N) is 4. The van der Waals surface area contributed by atoms with E-state index < -0.39 is 0 Å². The van der Waals surface area contributed by atoms with Crippen LogP contribution in [0.1, 0.15) is 16.0 Å². The molecule has 3 aromatic rings. The summed E-state index contributed by atoms with van der Waals surface area (Å²) in [5, 5.41) is 1.25. The summed E-state index contributed by atoms with van der Waals surface area (Å²) in [5.74, 6) is 1.12. The van der Waals surface area contributed by atoms with Gasteiger partial charge < -0.3 is 4.90 Å². The van der Waals surface area contributed by atoms with Crippen LogP contribution in [0.2, 0.25) is 0 Å². The van der Waals surface area contributed by atoms with E-state index in [1.54, 1.807) is 17.7 Å². The highest BCUT2D eigenvalue weighted by Gasteiger charge is 2.21. The lowest BCUT2D eigenvalue weighted by atomic mass is 10.1. The summed E-state index contributed by atoms with van der Waals surface area (Å²) in [7, 11) is 0. The fraction of sp³-hybridized carbons (Fsp3) is 0.400. The van der Waals surface area contributed by atoms with Crippen LogP contribution in [0.25, 0.3) is 10.2 Å². The van der Waals surface area contributed by atoms with E-state index >= 15 is 0 Å². The number of benzene rings is 1. The van der Waals surface area contributed by atoms with Gasteiger partial charge in [0, 0.05) is 37.6 Å². The van der Waals surface area contributed by atoms with Crippen molar-refractivity contribution in [2.24, 2.45) is 0 Å². The Kier molecular flexibility index (Phi) is 4.68. The average molecular weight is 353 g/mol. The number of aryl methyl sites for hydroxylation is 2. The van der Waals surface area contributed by atoms with E-state index in [2.05, 4.69) is 63.9 Å². The maximum atomic E-state index is 4.63. The molecule has 1 aromatic carbocycles. The molecule has 0 N–H and O–H groups in total. The first-order valence-corrected chi connectivity index (χ1v) is 9.76. The van der Waals surface area contributed by atoms with E-state index in [4.69, 9.17) is 0 Å². The Morgan fingerprint density at radius 3 is 2.52 bits per heavy atom. The van der Waals surface area contributed by atoms with Crippen molar-refractivity contribution in [3.05, 3.63) is 52.7 Å². The van der Waals surface area contributed by atoms with Crippen LogP contribution in [0.3, 0.4) is 0 Å². The standard InChI is InChI=1S/C20H24N4S/c1-15-16(2)25-20-18(15)19(21-14-22-20)24-12-10-23(11-13-24)9-8-17-6-4-3-5-7-17/h3-7,14H,8-13H2,1-2H3. The smallest absolute Gasteiger partial charge is 0.141 e. The summed E-state index contributed by atoms with van der Waals surface area (Å²) in [6.07, 6.45) is 2.84. The van der Waals surface area contributed by atoms with E-state index in [1.165, 1.54) is 21.4 Å². The summed E-state index contributed by atoms with van der Waals surface area (Å²) < 4.78 is 0. The Bertz CT molecular complexity index is 851. The highest BCUT2D eigenvalue weighted by atomic mass is 32.1. The van der Waals surface area contributed by atoms with Crippen LogP contribution in [0.15, 0.2) is 36.7 Å². The van der Waals surface area contributed by atoms with Crippen molar-refractivity contribution in [2.75, 3.05) is 37.6 Å². The zero-order valence-electron chi connectivity index (χ0n) is 14.9. The Morgan fingerprint density at radius 2 is 1.76 bits per heavy atom. The number of aromatic nitrogens is 2. The van der Waals surface area contributed by atoms with Crippen LogP contribution in [0.4, 0.5) is 5.82 Å². The van der Waals surface area contributed by atoms with E-state index in [1.807, 2.05) is 0 Å². The predicted molar refractivity (Wildman–Crippen MR) is 106 cm³/mol. The molecule has 130 valence electrons. The van der Waals surface area contributed by atoms with Gasteiger partial charge in [-0.2, -0.15) is 0 Å². The van der Waals surface area contributed by atoms with Crippen molar-refractivity contribution in [3.8, 4) is 0 Å². The molecule has 0 aliphatic carbocycles. The molecule has 1 fully saturated rings. The number of fused-ring (bicyclic) bond motifs is 1. The first-order valence-electron chi connectivity index (χ1n) is 8.94. The fourth-order valence-electron chi connectivity index (χ4n) is 3.52. The molecule has 1 aliphatic rings. The van der Waals surface area contributed by atoms with Gasteiger partial charge in [0.15, 0.2) is 0 Å². The number of rotatable bonds is 4. The molecule has 0 saturated carbocycles. The summed E-state index contributed by atoms with van der Waals surface area (Å²) in [5.41, 5.74) is 2.76. The maximum Gasteiger partial charge on any atom is 0.141 e. The van der Waals surface area contributed by atoms with Crippen LogP contribution in [0, 0.1) is 13.8 Å². The second kappa shape index (κ2) is 7.10. The van der Waals surface area contributed by atoms with Crippen LogP contribution < -0.4 is 4.90 Å². The van der Waals surface area contributed by atoms with Gasteiger partial charge >= 0.3 is 0 Å². The predicted octanol–water partition coefficient (Wildman–Crippen LogP) is 3.67. The zero-order chi connectivity index (χ0) is 17.2. The topological polar surface area (TPSA) is 32.3 Å². The molecule has 0 amide bonds. The number of hydrogen-bond donors (Lipinski definition) is 0. The molecule has 4 rings (SSSR count). The van der Waals surface area contributed by atoms with E-state index in [9.17, 15) is 0 Å². The van der Waals surface area contributed by atoms with Gasteiger partial charge in [0.05, 0.1) is 5.39 Å². The quantitative estimate of drug-likeness (QED) is 0.717. The molecule has 5 heteroatoms. The molecule has 0 bridgehead atoms. The minimum atomic E-state index is 1.04. The number of thiophene rings is 1. The van der Waals surface area contributed by atoms with Gasteiger partial charge in [0.1, 0.15) is 17.0 Å². The molecule has 4 nitrogen and oxygen atoms in total.